The van der Waals surface area contributed by atoms with E-state index in [2.05, 4.69) is 0 Å². The van der Waals surface area contributed by atoms with E-state index in [0.29, 0.717) is 5.56 Å². The lowest BCUT2D eigenvalue weighted by atomic mass is 9.95. The van der Waals surface area contributed by atoms with Crippen LogP contribution in [0.2, 0.25) is 0 Å². The molecule has 3 heteroatoms. The van der Waals surface area contributed by atoms with Gasteiger partial charge in [0.2, 0.25) is 0 Å². The third-order valence-electron chi connectivity index (χ3n) is 2.92. The van der Waals surface area contributed by atoms with Crippen LogP contribution in [0.1, 0.15) is 25.3 Å². The van der Waals surface area contributed by atoms with Crippen LogP contribution in [0.25, 0.3) is 11.1 Å². The van der Waals surface area contributed by atoms with Crippen molar-refractivity contribution in [1.29, 1.82) is 0 Å². The molecule has 94 valence electrons. The molecule has 0 spiro atoms. The summed E-state index contributed by atoms with van der Waals surface area (Å²) < 4.78 is 12.9. The maximum atomic E-state index is 12.9. The van der Waals surface area contributed by atoms with Gasteiger partial charge in [-0.2, -0.15) is 0 Å². The monoisotopic (exact) mass is 246 g/mol. The summed E-state index contributed by atoms with van der Waals surface area (Å²) in [5, 5.41) is 19.6. The van der Waals surface area contributed by atoms with E-state index in [9.17, 15) is 14.6 Å². The minimum atomic E-state index is -0.318. The molecule has 0 fully saturated rings. The van der Waals surface area contributed by atoms with Gasteiger partial charge >= 0.3 is 0 Å². The number of benzene rings is 2. The zero-order valence-corrected chi connectivity index (χ0v) is 10.3. The first-order valence-electron chi connectivity index (χ1n) is 5.81. The SMILES string of the molecule is CC(C)c1cc(-c2ccc(F)cc2)c(O)cc1O. The lowest BCUT2D eigenvalue weighted by molar-refractivity contribution is 0.445. The van der Waals surface area contributed by atoms with Crippen molar-refractivity contribution in [1.82, 2.24) is 0 Å². The Morgan fingerprint density at radius 1 is 0.944 bits per heavy atom. The van der Waals surface area contributed by atoms with E-state index in [1.165, 1.54) is 18.2 Å². The second-order valence-corrected chi connectivity index (χ2v) is 4.59. The van der Waals surface area contributed by atoms with Gasteiger partial charge in [0.25, 0.3) is 0 Å². The summed E-state index contributed by atoms with van der Waals surface area (Å²) >= 11 is 0. The Bertz CT molecular complexity index is 559. The molecule has 2 rings (SSSR count). The summed E-state index contributed by atoms with van der Waals surface area (Å²) in [5.74, 6) is -0.109. The van der Waals surface area contributed by atoms with Crippen LogP contribution in [0.15, 0.2) is 36.4 Å². The number of hydrogen-bond acceptors (Lipinski definition) is 2. The summed E-state index contributed by atoms with van der Waals surface area (Å²) in [6.45, 7) is 3.92. The molecule has 0 saturated carbocycles. The molecule has 0 aliphatic carbocycles. The van der Waals surface area contributed by atoms with E-state index in [1.807, 2.05) is 13.8 Å². The van der Waals surface area contributed by atoms with E-state index in [-0.39, 0.29) is 23.2 Å². The van der Waals surface area contributed by atoms with Crippen LogP contribution in [0.5, 0.6) is 11.5 Å². The molecule has 0 radical (unpaired) electrons. The van der Waals surface area contributed by atoms with Gasteiger partial charge in [0.1, 0.15) is 17.3 Å². The van der Waals surface area contributed by atoms with Crippen molar-refractivity contribution in [3.8, 4) is 22.6 Å². The normalized spacial score (nSPS) is 10.9. The molecule has 0 atom stereocenters. The molecular formula is C15H15FO2. The Hall–Kier alpha value is -2.03. The maximum Gasteiger partial charge on any atom is 0.127 e. The quantitative estimate of drug-likeness (QED) is 0.840. The van der Waals surface area contributed by atoms with Crippen LogP contribution >= 0.6 is 0 Å². The van der Waals surface area contributed by atoms with Gasteiger partial charge in [-0.05, 0) is 35.2 Å². The van der Waals surface area contributed by atoms with Gasteiger partial charge in [0.05, 0.1) is 0 Å². The first-order valence-corrected chi connectivity index (χ1v) is 5.81. The van der Waals surface area contributed by atoms with Crippen molar-refractivity contribution in [2.75, 3.05) is 0 Å². The minimum absolute atomic E-state index is 0.0106. The highest BCUT2D eigenvalue weighted by Crippen LogP contribution is 2.37. The molecule has 0 saturated heterocycles. The van der Waals surface area contributed by atoms with Crippen LogP contribution in [-0.2, 0) is 0 Å². The largest absolute Gasteiger partial charge is 0.508 e. The van der Waals surface area contributed by atoms with Crippen LogP contribution in [0, 0.1) is 5.82 Å². The standard InChI is InChI=1S/C15H15FO2/c1-9(2)12-7-13(15(18)8-14(12)17)10-3-5-11(16)6-4-10/h3-9,17-18H,1-2H3. The highest BCUT2D eigenvalue weighted by Gasteiger charge is 2.12. The van der Waals surface area contributed by atoms with Gasteiger partial charge in [0.15, 0.2) is 0 Å². The average molecular weight is 246 g/mol. The lowest BCUT2D eigenvalue weighted by Gasteiger charge is -2.12. The molecule has 0 aliphatic heterocycles. The molecule has 0 bridgehead atoms. The van der Waals surface area contributed by atoms with Crippen LogP contribution < -0.4 is 0 Å². The maximum absolute atomic E-state index is 12.9. The number of hydrogen-bond donors (Lipinski definition) is 2. The van der Waals surface area contributed by atoms with E-state index in [1.54, 1.807) is 18.2 Å². The van der Waals surface area contributed by atoms with Crippen LogP contribution in [0.3, 0.4) is 0 Å². The number of phenols is 2. The minimum Gasteiger partial charge on any atom is -0.508 e. The molecule has 2 nitrogen and oxygen atoms in total. The summed E-state index contributed by atoms with van der Waals surface area (Å²) in [4.78, 5) is 0. The summed E-state index contributed by atoms with van der Waals surface area (Å²) in [6, 6.07) is 8.96. The first-order chi connectivity index (χ1) is 8.49. The van der Waals surface area contributed by atoms with Crippen molar-refractivity contribution >= 4 is 0 Å². The van der Waals surface area contributed by atoms with Gasteiger partial charge < -0.3 is 10.2 Å². The summed E-state index contributed by atoms with van der Waals surface area (Å²) in [6.07, 6.45) is 0. The molecule has 0 amide bonds. The average Bonchev–Trinajstić information content (AvgIpc) is 2.30. The fourth-order valence-electron chi connectivity index (χ4n) is 1.92. The van der Waals surface area contributed by atoms with Gasteiger partial charge in [-0.25, -0.2) is 4.39 Å². The zero-order valence-electron chi connectivity index (χ0n) is 10.3. The third kappa shape index (κ3) is 2.30. The number of phenolic OH excluding ortho intramolecular Hbond substituents is 2. The van der Waals surface area contributed by atoms with Crippen molar-refractivity contribution in [3.63, 3.8) is 0 Å². The number of aromatic hydroxyl groups is 2. The predicted octanol–water partition coefficient (Wildman–Crippen LogP) is 4.03. The van der Waals surface area contributed by atoms with E-state index in [0.717, 1.165) is 11.1 Å². The summed E-state index contributed by atoms with van der Waals surface area (Å²) in [5.41, 5.74) is 2.07. The van der Waals surface area contributed by atoms with Gasteiger partial charge in [0, 0.05) is 11.6 Å². The third-order valence-corrected chi connectivity index (χ3v) is 2.92. The van der Waals surface area contributed by atoms with Gasteiger partial charge in [-0.15, -0.1) is 0 Å². The predicted molar refractivity (Wildman–Crippen MR) is 69.3 cm³/mol. The van der Waals surface area contributed by atoms with Crippen molar-refractivity contribution in [2.24, 2.45) is 0 Å². The fourth-order valence-corrected chi connectivity index (χ4v) is 1.92. The second-order valence-electron chi connectivity index (χ2n) is 4.59. The Morgan fingerprint density at radius 2 is 1.56 bits per heavy atom. The van der Waals surface area contributed by atoms with E-state index >= 15 is 0 Å². The molecule has 0 aliphatic rings. The number of rotatable bonds is 2. The first kappa shape index (κ1) is 12.4. The van der Waals surface area contributed by atoms with Crippen molar-refractivity contribution in [3.05, 3.63) is 47.8 Å². The van der Waals surface area contributed by atoms with Gasteiger partial charge in [-0.1, -0.05) is 26.0 Å². The van der Waals surface area contributed by atoms with E-state index < -0.39 is 0 Å². The molecule has 0 aromatic heterocycles. The number of halogens is 1. The Labute approximate surface area is 105 Å². The molecule has 0 unspecified atom stereocenters. The Kier molecular flexibility index (Phi) is 3.24. The topological polar surface area (TPSA) is 40.5 Å². The van der Waals surface area contributed by atoms with Crippen molar-refractivity contribution < 1.29 is 14.6 Å². The molecule has 0 heterocycles. The van der Waals surface area contributed by atoms with Gasteiger partial charge in [-0.3, -0.25) is 0 Å². The molecule has 2 aromatic rings. The molecule has 18 heavy (non-hydrogen) atoms. The van der Waals surface area contributed by atoms with Crippen LogP contribution in [-0.4, -0.2) is 10.2 Å². The fraction of sp³-hybridized carbons (Fsp3) is 0.200. The molecular weight excluding hydrogens is 231 g/mol. The van der Waals surface area contributed by atoms with E-state index in [4.69, 9.17) is 0 Å². The molecule has 2 N–H and O–H groups in total. The lowest BCUT2D eigenvalue weighted by Crippen LogP contribution is -1.90. The van der Waals surface area contributed by atoms with Crippen molar-refractivity contribution in [2.45, 2.75) is 19.8 Å². The Balaban J connectivity index is 2.57. The highest BCUT2D eigenvalue weighted by atomic mass is 19.1. The Morgan fingerprint density at radius 3 is 2.11 bits per heavy atom. The second kappa shape index (κ2) is 4.69. The highest BCUT2D eigenvalue weighted by molar-refractivity contribution is 5.72. The summed E-state index contributed by atoms with van der Waals surface area (Å²) in [7, 11) is 0. The smallest absolute Gasteiger partial charge is 0.127 e. The molecule has 2 aromatic carbocycles. The zero-order chi connectivity index (χ0) is 13.3. The van der Waals surface area contributed by atoms with Crippen LogP contribution in [0.4, 0.5) is 4.39 Å².